The van der Waals surface area contributed by atoms with Crippen molar-refractivity contribution < 1.29 is 119 Å². The Morgan fingerprint density at radius 2 is 1.20 bits per heavy atom. The van der Waals surface area contributed by atoms with E-state index in [0.717, 1.165) is 0 Å². The quantitative estimate of drug-likeness (QED) is 0.289. The summed E-state index contributed by atoms with van der Waals surface area (Å²) in [6.07, 6.45) is 0. The molecule has 0 aromatic heterocycles. The molecule has 0 heterocycles. The van der Waals surface area contributed by atoms with E-state index in [1.54, 1.807) is 0 Å². The number of rotatable bonds is 0. The van der Waals surface area contributed by atoms with Gasteiger partial charge in [-0.05, 0) is 0 Å². The van der Waals surface area contributed by atoms with E-state index in [4.69, 9.17) is 4.79 Å². The summed E-state index contributed by atoms with van der Waals surface area (Å²) >= 11 is 0. The van der Waals surface area contributed by atoms with E-state index < -0.39 is 0 Å². The first-order valence-electron chi connectivity index (χ1n) is 3.15. The Morgan fingerprint density at radius 3 is 1.27 bits per heavy atom. The SMILES string of the molecule is CC.[CH-]=O.[CH3-].[U+2].[U].[U].[W].[c-]1ccccc1. The largest absolute Gasteiger partial charge is 2.00 e. The van der Waals surface area contributed by atoms with E-state index in [2.05, 4.69) is 12.9 Å². The Balaban J connectivity index is -0.0000000131. The fraction of sp³-hybridized carbons (Fsp3) is 0.200. The smallest absolute Gasteiger partial charge is 0.545 e. The van der Waals surface area contributed by atoms with Crippen LogP contribution in [0.1, 0.15) is 13.8 Å². The minimum absolute atomic E-state index is 0. The van der Waals surface area contributed by atoms with Crippen molar-refractivity contribution in [2.75, 3.05) is 0 Å². The summed E-state index contributed by atoms with van der Waals surface area (Å²) < 4.78 is 0. The zero-order chi connectivity index (χ0) is 8.24. The maximum atomic E-state index is 7.75. The Hall–Kier alpha value is 2.73. The second-order valence-electron chi connectivity index (χ2n) is 1.08. The van der Waals surface area contributed by atoms with Gasteiger partial charge in [-0.15, -0.1) is 0 Å². The molecule has 0 saturated carbocycles. The van der Waals surface area contributed by atoms with Crippen LogP contribution < -0.4 is 0 Å². The standard InChI is InChI=1S/C6H5.C2H6.CHO.CH3.3U.W/c1-2-4-6-5-3-1;2*1-2;;;;;/h1-5H;1-2H3;1H;1H3;;;;/q-1;;2*-1;;;+2;. The van der Waals surface area contributed by atoms with Gasteiger partial charge in [0.25, 0.3) is 0 Å². The van der Waals surface area contributed by atoms with Gasteiger partial charge in [0.05, 0.1) is 0 Å². The first-order chi connectivity index (χ1) is 5.00. The first kappa shape index (κ1) is 43.1. The Bertz CT molecular complexity index is 104. The molecule has 0 unspecified atom stereocenters. The van der Waals surface area contributed by atoms with Gasteiger partial charge in [-0.25, -0.2) is 0 Å². The number of benzene rings is 1. The van der Waals surface area contributed by atoms with Crippen LogP contribution in [0.5, 0.6) is 0 Å². The second-order valence-corrected chi connectivity index (χ2v) is 1.08. The van der Waals surface area contributed by atoms with Crippen LogP contribution in [0.25, 0.3) is 0 Å². The summed E-state index contributed by atoms with van der Waals surface area (Å²) in [7, 11) is 0. The molecule has 0 atom stereocenters. The van der Waals surface area contributed by atoms with Crippen LogP contribution in [0, 0.1) is 107 Å². The molecule has 0 saturated heterocycles. The van der Waals surface area contributed by atoms with E-state index >= 15 is 0 Å². The Morgan fingerprint density at radius 1 is 0.933 bits per heavy atom. The van der Waals surface area contributed by atoms with Gasteiger partial charge in [-0.3, -0.25) is 6.79 Å². The molecule has 80 valence electrons. The minimum Gasteiger partial charge on any atom is -0.545 e. The maximum Gasteiger partial charge on any atom is 2.00 e. The fourth-order valence-electron chi connectivity index (χ4n) is 0.342. The zero-order valence-electron chi connectivity index (χ0n) is 9.28. The molecule has 1 nitrogen and oxygen atoms in total. The molecule has 0 spiro atoms. The third-order valence-corrected chi connectivity index (χ3v) is 0.607. The molecular weight excluding hydrogens is 1030 g/mol. The van der Waals surface area contributed by atoms with E-state index in [-0.39, 0.29) is 122 Å². The van der Waals surface area contributed by atoms with Crippen LogP contribution in [0.4, 0.5) is 0 Å². The van der Waals surface area contributed by atoms with Gasteiger partial charge in [0.2, 0.25) is 0 Å². The average molecular weight is 1050 g/mol. The molecular formula is C10H15OU3W-. The molecule has 1 aromatic carbocycles. The average Bonchev–Trinajstić information content (AvgIpc) is 2.14. The van der Waals surface area contributed by atoms with Crippen molar-refractivity contribution in [2.45, 2.75) is 13.8 Å². The predicted molar refractivity (Wildman–Crippen MR) is 49.8 cm³/mol. The van der Waals surface area contributed by atoms with Gasteiger partial charge in [0.1, 0.15) is 0 Å². The van der Waals surface area contributed by atoms with E-state index in [1.807, 2.05) is 44.2 Å². The molecule has 0 amide bonds. The summed E-state index contributed by atoms with van der Waals surface area (Å²) in [5.74, 6) is 0. The van der Waals surface area contributed by atoms with Crippen LogP contribution in [-0.4, -0.2) is 6.79 Å². The second kappa shape index (κ2) is 54.3. The molecule has 5 heteroatoms. The third kappa shape index (κ3) is 47.6. The van der Waals surface area contributed by atoms with Crippen LogP contribution in [0.15, 0.2) is 30.3 Å². The fourth-order valence-corrected chi connectivity index (χ4v) is 0.342. The molecule has 0 radical (unpaired) electrons. The summed E-state index contributed by atoms with van der Waals surface area (Å²) in [6.45, 7) is 7.25. The van der Waals surface area contributed by atoms with Gasteiger partial charge in [-0.1, -0.05) is 13.8 Å². The van der Waals surface area contributed by atoms with Gasteiger partial charge < -0.3 is 12.2 Å². The van der Waals surface area contributed by atoms with Crippen molar-refractivity contribution in [2.24, 2.45) is 0 Å². The monoisotopic (exact) mass is 1050 g/mol. The topological polar surface area (TPSA) is 17.1 Å². The predicted octanol–water partition coefficient (Wildman–Crippen LogP) is 2.69. The van der Waals surface area contributed by atoms with Crippen molar-refractivity contribution in [1.29, 1.82) is 0 Å². The van der Waals surface area contributed by atoms with Crippen LogP contribution >= 0.6 is 0 Å². The molecule has 0 aliphatic carbocycles. The van der Waals surface area contributed by atoms with Crippen LogP contribution in [-0.2, 0) is 25.9 Å². The minimum atomic E-state index is 0. The van der Waals surface area contributed by atoms with E-state index in [9.17, 15) is 0 Å². The summed E-state index contributed by atoms with van der Waals surface area (Å²) in [4.78, 5) is 7.75. The molecule has 0 N–H and O–H groups in total. The molecule has 15 heavy (non-hydrogen) atoms. The van der Waals surface area contributed by atoms with E-state index in [0.29, 0.717) is 0 Å². The normalized spacial score (nSPS) is 3.87. The van der Waals surface area contributed by atoms with Gasteiger partial charge in [0.15, 0.2) is 0 Å². The van der Waals surface area contributed by atoms with Crippen molar-refractivity contribution in [1.82, 2.24) is 0 Å². The molecule has 0 fully saturated rings. The zero-order valence-corrected chi connectivity index (χ0v) is 24.7. The molecule has 0 aliphatic rings. The number of carbonyl (C=O) groups excluding carboxylic acids is 1. The number of hydrogen-bond acceptors (Lipinski definition) is 1. The Labute approximate surface area is 180 Å². The first-order valence-corrected chi connectivity index (χ1v) is 3.15. The summed E-state index contributed by atoms with van der Waals surface area (Å²) in [5, 5.41) is 0. The van der Waals surface area contributed by atoms with Gasteiger partial charge in [-0.2, -0.15) is 36.4 Å². The summed E-state index contributed by atoms with van der Waals surface area (Å²) in [6, 6.07) is 12.5. The maximum absolute atomic E-state index is 7.75. The van der Waals surface area contributed by atoms with Crippen LogP contribution in [0.2, 0.25) is 0 Å². The van der Waals surface area contributed by atoms with Crippen molar-refractivity contribution in [3.8, 4) is 0 Å². The molecule has 1 rings (SSSR count). The Kier molecular flexibility index (Phi) is 156. The molecule has 0 bridgehead atoms. The molecule has 1 aromatic rings. The van der Waals surface area contributed by atoms with Crippen molar-refractivity contribution in [3.63, 3.8) is 0 Å². The van der Waals surface area contributed by atoms with E-state index in [1.165, 1.54) is 0 Å². The summed E-state index contributed by atoms with van der Waals surface area (Å²) in [5.41, 5.74) is 0. The van der Waals surface area contributed by atoms with Gasteiger partial charge in [0, 0.05) is 83.3 Å². The van der Waals surface area contributed by atoms with Crippen molar-refractivity contribution in [3.05, 3.63) is 43.8 Å². The molecule has 0 aliphatic heterocycles. The van der Waals surface area contributed by atoms with Gasteiger partial charge >= 0.3 is 31.1 Å². The van der Waals surface area contributed by atoms with Crippen LogP contribution in [0.3, 0.4) is 0 Å². The third-order valence-electron chi connectivity index (χ3n) is 0.607. The number of hydrogen-bond donors (Lipinski definition) is 0. The van der Waals surface area contributed by atoms with Crippen molar-refractivity contribution >= 4 is 6.79 Å².